The molecular weight excluding hydrogens is 330 g/mol. The van der Waals surface area contributed by atoms with Crippen molar-refractivity contribution in [3.8, 4) is 5.75 Å². The van der Waals surface area contributed by atoms with E-state index in [1.165, 1.54) is 0 Å². The van der Waals surface area contributed by atoms with Crippen LogP contribution in [0.2, 0.25) is 0 Å². The van der Waals surface area contributed by atoms with Crippen molar-refractivity contribution in [1.82, 2.24) is 15.4 Å². The number of aromatic nitrogens is 1. The van der Waals surface area contributed by atoms with Gasteiger partial charge in [0.2, 0.25) is 0 Å². The Hall–Kier alpha value is -2.34. The molecule has 0 atom stereocenters. The maximum atomic E-state index is 12.6. The minimum Gasteiger partial charge on any atom is -0.489 e. The second-order valence-corrected chi connectivity index (χ2v) is 7.23. The predicted molar refractivity (Wildman–Crippen MR) is 99.5 cm³/mol. The molecule has 140 valence electrons. The van der Waals surface area contributed by atoms with Gasteiger partial charge >= 0.3 is 0 Å². The molecule has 0 aliphatic carbocycles. The van der Waals surface area contributed by atoms with Crippen molar-refractivity contribution in [3.05, 3.63) is 46.3 Å². The summed E-state index contributed by atoms with van der Waals surface area (Å²) in [6.07, 6.45) is 1.90. The van der Waals surface area contributed by atoms with Crippen LogP contribution in [0.1, 0.15) is 45.8 Å². The van der Waals surface area contributed by atoms with Crippen LogP contribution in [0.15, 0.2) is 22.7 Å². The third-order valence-corrected chi connectivity index (χ3v) is 4.83. The van der Waals surface area contributed by atoms with Crippen LogP contribution < -0.4 is 10.1 Å². The van der Waals surface area contributed by atoms with E-state index in [0.29, 0.717) is 17.0 Å². The molecule has 1 aromatic heterocycles. The highest BCUT2D eigenvalue weighted by Crippen LogP contribution is 2.21. The van der Waals surface area contributed by atoms with Crippen molar-refractivity contribution in [2.75, 3.05) is 20.1 Å². The summed E-state index contributed by atoms with van der Waals surface area (Å²) in [6.45, 7) is 8.11. The first-order chi connectivity index (χ1) is 12.4. The van der Waals surface area contributed by atoms with E-state index in [0.717, 1.165) is 42.8 Å². The van der Waals surface area contributed by atoms with E-state index in [9.17, 15) is 4.79 Å². The van der Waals surface area contributed by atoms with E-state index in [1.54, 1.807) is 6.92 Å². The van der Waals surface area contributed by atoms with E-state index < -0.39 is 0 Å². The lowest BCUT2D eigenvalue weighted by Crippen LogP contribution is -2.43. The molecule has 6 nitrogen and oxygen atoms in total. The lowest BCUT2D eigenvalue weighted by molar-refractivity contribution is 0.0905. The zero-order valence-electron chi connectivity index (χ0n) is 16.0. The molecule has 26 heavy (non-hydrogen) atoms. The normalized spacial score (nSPS) is 15.8. The number of rotatable bonds is 5. The van der Waals surface area contributed by atoms with Crippen molar-refractivity contribution in [2.45, 2.75) is 46.3 Å². The molecule has 1 aromatic carbocycles. The third-order valence-electron chi connectivity index (χ3n) is 4.83. The molecule has 1 aliphatic heterocycles. The van der Waals surface area contributed by atoms with Gasteiger partial charge in [-0.3, -0.25) is 4.79 Å². The summed E-state index contributed by atoms with van der Waals surface area (Å²) in [6, 6.07) is 6.24. The largest absolute Gasteiger partial charge is 0.489 e. The Bertz CT molecular complexity index is 756. The summed E-state index contributed by atoms with van der Waals surface area (Å²) in [7, 11) is 2.10. The fourth-order valence-corrected chi connectivity index (χ4v) is 3.32. The SMILES string of the molecule is Cc1cc(C)cc(OCc2c(C(=O)NC3CCN(C)CC3)noc2C)c1. The number of likely N-dealkylation sites (tertiary alicyclic amines) is 1. The zero-order chi connectivity index (χ0) is 18.7. The maximum Gasteiger partial charge on any atom is 0.274 e. The molecule has 0 bridgehead atoms. The number of ether oxygens (including phenoxy) is 1. The number of carbonyl (C=O) groups excluding carboxylic acids is 1. The van der Waals surface area contributed by atoms with E-state index in [4.69, 9.17) is 9.26 Å². The molecule has 2 aromatic rings. The Kier molecular flexibility index (Phi) is 5.61. The van der Waals surface area contributed by atoms with Gasteiger partial charge in [0, 0.05) is 6.04 Å². The molecule has 1 saturated heterocycles. The molecule has 0 spiro atoms. The number of nitrogens with zero attached hydrogens (tertiary/aromatic N) is 2. The first kappa shape index (κ1) is 18.5. The van der Waals surface area contributed by atoms with Crippen molar-refractivity contribution >= 4 is 5.91 Å². The van der Waals surface area contributed by atoms with Crippen LogP contribution in [-0.2, 0) is 6.61 Å². The van der Waals surface area contributed by atoms with Crippen molar-refractivity contribution in [1.29, 1.82) is 0 Å². The standard InChI is InChI=1S/C20H27N3O3/c1-13-9-14(2)11-17(10-13)25-12-18-15(3)26-22-19(18)20(24)21-16-5-7-23(4)8-6-16/h9-11,16H,5-8,12H2,1-4H3,(H,21,24). The second kappa shape index (κ2) is 7.91. The van der Waals surface area contributed by atoms with E-state index in [2.05, 4.69) is 28.5 Å². The van der Waals surface area contributed by atoms with Crippen LogP contribution >= 0.6 is 0 Å². The van der Waals surface area contributed by atoms with Crippen LogP contribution in [0, 0.1) is 20.8 Å². The zero-order valence-corrected chi connectivity index (χ0v) is 16.0. The molecule has 1 fully saturated rings. The lowest BCUT2D eigenvalue weighted by Gasteiger charge is -2.29. The van der Waals surface area contributed by atoms with E-state index >= 15 is 0 Å². The number of amides is 1. The predicted octanol–water partition coefficient (Wildman–Crippen LogP) is 3.00. The van der Waals surface area contributed by atoms with Crippen LogP contribution in [0.3, 0.4) is 0 Å². The molecular formula is C20H27N3O3. The van der Waals surface area contributed by atoms with E-state index in [-0.39, 0.29) is 18.6 Å². The van der Waals surface area contributed by atoms with Crippen LogP contribution in [-0.4, -0.2) is 42.1 Å². The molecule has 2 heterocycles. The van der Waals surface area contributed by atoms with Crippen LogP contribution in [0.5, 0.6) is 5.75 Å². The number of carbonyl (C=O) groups is 1. The smallest absolute Gasteiger partial charge is 0.274 e. The topological polar surface area (TPSA) is 67.6 Å². The van der Waals surface area contributed by atoms with E-state index in [1.807, 2.05) is 26.0 Å². The number of nitrogens with one attached hydrogen (secondary N) is 1. The summed E-state index contributed by atoms with van der Waals surface area (Å²) < 4.78 is 11.2. The number of benzene rings is 1. The number of aryl methyl sites for hydroxylation is 3. The summed E-state index contributed by atoms with van der Waals surface area (Å²) in [5, 5.41) is 7.05. The summed E-state index contributed by atoms with van der Waals surface area (Å²) in [4.78, 5) is 14.9. The van der Waals surface area contributed by atoms with Crippen LogP contribution in [0.4, 0.5) is 0 Å². The first-order valence-electron chi connectivity index (χ1n) is 9.08. The Morgan fingerprint density at radius 3 is 2.54 bits per heavy atom. The minimum atomic E-state index is -0.185. The fraction of sp³-hybridized carbons (Fsp3) is 0.500. The molecule has 6 heteroatoms. The van der Waals surface area contributed by atoms with Gasteiger partial charge in [-0.25, -0.2) is 0 Å². The van der Waals surface area contributed by atoms with Crippen molar-refractivity contribution in [2.24, 2.45) is 0 Å². The Morgan fingerprint density at radius 2 is 1.88 bits per heavy atom. The highest BCUT2D eigenvalue weighted by molar-refractivity contribution is 5.94. The average molecular weight is 357 g/mol. The maximum absolute atomic E-state index is 12.6. The summed E-state index contributed by atoms with van der Waals surface area (Å²) >= 11 is 0. The monoisotopic (exact) mass is 357 g/mol. The van der Waals surface area contributed by atoms with Gasteiger partial charge in [0.1, 0.15) is 18.1 Å². The third kappa shape index (κ3) is 4.43. The molecule has 1 N–H and O–H groups in total. The van der Waals surface area contributed by atoms with Crippen molar-refractivity contribution in [3.63, 3.8) is 0 Å². The Balaban J connectivity index is 1.67. The molecule has 3 rings (SSSR count). The van der Waals surface area contributed by atoms with Crippen molar-refractivity contribution < 1.29 is 14.1 Å². The molecule has 1 aliphatic rings. The number of piperidine rings is 1. The van der Waals surface area contributed by atoms with Gasteiger partial charge in [-0.15, -0.1) is 0 Å². The van der Waals surface area contributed by atoms with Gasteiger partial charge in [0.15, 0.2) is 5.69 Å². The lowest BCUT2D eigenvalue weighted by atomic mass is 10.1. The minimum absolute atomic E-state index is 0.184. The Morgan fingerprint density at radius 1 is 1.23 bits per heavy atom. The van der Waals surface area contributed by atoms with Gasteiger partial charge < -0.3 is 19.5 Å². The second-order valence-electron chi connectivity index (χ2n) is 7.23. The van der Waals surface area contributed by atoms with Gasteiger partial charge in [-0.1, -0.05) is 11.2 Å². The molecule has 1 amide bonds. The quantitative estimate of drug-likeness (QED) is 0.891. The Labute approximate surface area is 154 Å². The first-order valence-corrected chi connectivity index (χ1v) is 9.08. The highest BCUT2D eigenvalue weighted by atomic mass is 16.5. The highest BCUT2D eigenvalue weighted by Gasteiger charge is 2.24. The average Bonchev–Trinajstić information content (AvgIpc) is 2.95. The van der Waals surface area contributed by atoms with Gasteiger partial charge in [-0.2, -0.15) is 0 Å². The van der Waals surface area contributed by atoms with Crippen LogP contribution in [0.25, 0.3) is 0 Å². The molecule has 0 saturated carbocycles. The summed E-state index contributed by atoms with van der Waals surface area (Å²) in [5.41, 5.74) is 3.31. The summed E-state index contributed by atoms with van der Waals surface area (Å²) in [5.74, 6) is 1.21. The van der Waals surface area contributed by atoms with Gasteiger partial charge in [-0.05, 0) is 77.0 Å². The van der Waals surface area contributed by atoms with Gasteiger partial charge in [0.25, 0.3) is 5.91 Å². The fourth-order valence-electron chi connectivity index (χ4n) is 3.32. The number of hydrogen-bond donors (Lipinski definition) is 1. The number of hydrogen-bond acceptors (Lipinski definition) is 5. The molecule has 0 unspecified atom stereocenters. The molecule has 0 radical (unpaired) electrons. The van der Waals surface area contributed by atoms with Gasteiger partial charge in [0.05, 0.1) is 5.56 Å².